The van der Waals surface area contributed by atoms with Gasteiger partial charge in [-0.2, -0.15) is 5.11 Å². The molecule has 0 radical (unpaired) electrons. The summed E-state index contributed by atoms with van der Waals surface area (Å²) < 4.78 is 1.49. The van der Waals surface area contributed by atoms with Crippen molar-refractivity contribution in [3.63, 3.8) is 0 Å². The van der Waals surface area contributed by atoms with Gasteiger partial charge in [0, 0.05) is 17.3 Å². The number of phenols is 1. The molecule has 0 aliphatic rings. The number of aryl methyl sites for hydroxylation is 2. The molecule has 0 bridgehead atoms. The Kier molecular flexibility index (Phi) is 7.77. The quantitative estimate of drug-likeness (QED) is 0.291. The minimum Gasteiger partial charge on any atom is -0.507 e. The van der Waals surface area contributed by atoms with Crippen molar-refractivity contribution in [2.24, 2.45) is 10.2 Å². The van der Waals surface area contributed by atoms with Gasteiger partial charge in [0.15, 0.2) is 0 Å². The second-order valence-corrected chi connectivity index (χ2v) is 7.02. The Morgan fingerprint density at radius 2 is 1.64 bits per heavy atom. The Balaban J connectivity index is 0.000000878. The van der Waals surface area contributed by atoms with Crippen molar-refractivity contribution in [2.45, 2.75) is 25.7 Å². The Morgan fingerprint density at radius 3 is 2.25 bits per heavy atom. The molecule has 0 atom stereocenters. The van der Waals surface area contributed by atoms with E-state index in [1.54, 1.807) is 36.7 Å². The lowest BCUT2D eigenvalue weighted by molar-refractivity contribution is 0.262. The maximum atomic E-state index is 12.3. The van der Waals surface area contributed by atoms with Crippen molar-refractivity contribution in [3.8, 4) is 5.75 Å². The molecule has 0 saturated heterocycles. The molecule has 0 spiro atoms. The van der Waals surface area contributed by atoms with E-state index in [0.29, 0.717) is 11.4 Å². The Morgan fingerprint density at radius 1 is 1.07 bits per heavy atom. The van der Waals surface area contributed by atoms with Crippen LogP contribution in [0.4, 0.5) is 16.2 Å². The molecule has 0 amide bonds. The molecule has 3 rings (SSSR count). The first-order valence-corrected chi connectivity index (χ1v) is 9.50. The van der Waals surface area contributed by atoms with Gasteiger partial charge in [-0.15, -0.1) is 11.7 Å². The third-order valence-corrected chi connectivity index (χ3v) is 4.49. The first-order valence-electron chi connectivity index (χ1n) is 8.68. The van der Waals surface area contributed by atoms with Crippen molar-refractivity contribution in [1.82, 2.24) is 4.57 Å². The third-order valence-electron chi connectivity index (χ3n) is 3.59. The Labute approximate surface area is 169 Å². The summed E-state index contributed by atoms with van der Waals surface area (Å²) in [5, 5.41) is 18.0. The second kappa shape index (κ2) is 10.3. The number of thioether (sulfide) groups is 1. The SMILES string of the molecule is C=CC.Cc1cc(N=Nc2ccn(C(=O)Sc3ccccc3)c2)cc(C)c1O. The predicted octanol–water partition coefficient (Wildman–Crippen LogP) is 7.18. The van der Waals surface area contributed by atoms with E-state index in [4.69, 9.17) is 0 Å². The fourth-order valence-electron chi connectivity index (χ4n) is 2.31. The normalized spacial score (nSPS) is 10.4. The van der Waals surface area contributed by atoms with Gasteiger partial charge in [-0.25, -0.2) is 0 Å². The van der Waals surface area contributed by atoms with E-state index in [2.05, 4.69) is 16.8 Å². The molecule has 0 aliphatic carbocycles. The van der Waals surface area contributed by atoms with Crippen LogP contribution >= 0.6 is 11.8 Å². The van der Waals surface area contributed by atoms with Crippen molar-refractivity contribution >= 4 is 28.4 Å². The standard InChI is InChI=1S/C19H17N3O2S.C3H6/c1-13-10-16(11-14(2)18(13)23)21-20-15-8-9-22(12-15)19(24)25-17-6-4-3-5-7-17;1-3-2/h3-12,23H,1-2H3;3H,1H2,2H3. The number of carbonyl (C=O) groups is 1. The monoisotopic (exact) mass is 393 g/mol. The fourth-order valence-corrected chi connectivity index (χ4v) is 3.02. The van der Waals surface area contributed by atoms with Gasteiger partial charge in [-0.1, -0.05) is 24.3 Å². The summed E-state index contributed by atoms with van der Waals surface area (Å²) in [6, 6.07) is 14.7. The van der Waals surface area contributed by atoms with Crippen LogP contribution < -0.4 is 0 Å². The van der Waals surface area contributed by atoms with Gasteiger partial charge in [0.25, 0.3) is 5.24 Å². The van der Waals surface area contributed by atoms with E-state index < -0.39 is 0 Å². The van der Waals surface area contributed by atoms with Crippen LogP contribution in [-0.4, -0.2) is 14.9 Å². The molecular formula is C22H23N3O2S. The number of hydrogen-bond acceptors (Lipinski definition) is 5. The van der Waals surface area contributed by atoms with E-state index in [-0.39, 0.29) is 11.0 Å². The van der Waals surface area contributed by atoms with Crippen molar-refractivity contribution in [1.29, 1.82) is 0 Å². The van der Waals surface area contributed by atoms with E-state index in [1.165, 1.54) is 4.57 Å². The molecule has 5 nitrogen and oxygen atoms in total. The number of aromatic hydroxyl groups is 1. The van der Waals surface area contributed by atoms with Gasteiger partial charge in [0.1, 0.15) is 11.4 Å². The van der Waals surface area contributed by atoms with Gasteiger partial charge < -0.3 is 5.11 Å². The van der Waals surface area contributed by atoms with Crippen LogP contribution in [0.5, 0.6) is 5.75 Å². The van der Waals surface area contributed by atoms with Gasteiger partial charge in [-0.05, 0) is 74.0 Å². The molecular weight excluding hydrogens is 370 g/mol. The molecule has 1 heterocycles. The maximum Gasteiger partial charge on any atom is 0.294 e. The molecule has 6 heteroatoms. The summed E-state index contributed by atoms with van der Waals surface area (Å²) in [6.45, 7) is 8.88. The van der Waals surface area contributed by atoms with Gasteiger partial charge in [0.05, 0.1) is 5.69 Å². The maximum absolute atomic E-state index is 12.3. The molecule has 1 N–H and O–H groups in total. The largest absolute Gasteiger partial charge is 0.507 e. The van der Waals surface area contributed by atoms with Crippen LogP contribution in [0.3, 0.4) is 0 Å². The summed E-state index contributed by atoms with van der Waals surface area (Å²) >= 11 is 1.15. The second-order valence-electron chi connectivity index (χ2n) is 5.99. The van der Waals surface area contributed by atoms with E-state index in [1.807, 2.05) is 51.1 Å². The zero-order valence-electron chi connectivity index (χ0n) is 16.2. The van der Waals surface area contributed by atoms with E-state index >= 15 is 0 Å². The van der Waals surface area contributed by atoms with E-state index in [0.717, 1.165) is 27.8 Å². The highest BCUT2D eigenvalue weighted by Gasteiger charge is 2.08. The minimum absolute atomic E-state index is 0.107. The molecule has 0 saturated carbocycles. The number of benzene rings is 2. The van der Waals surface area contributed by atoms with Gasteiger partial charge in [0.2, 0.25) is 0 Å². The predicted molar refractivity (Wildman–Crippen MR) is 115 cm³/mol. The average molecular weight is 394 g/mol. The fraction of sp³-hybridized carbons (Fsp3) is 0.136. The number of phenolic OH excluding ortho intramolecular Hbond substituents is 1. The van der Waals surface area contributed by atoms with Gasteiger partial charge >= 0.3 is 0 Å². The summed E-state index contributed by atoms with van der Waals surface area (Å²) in [7, 11) is 0. The average Bonchev–Trinajstić information content (AvgIpc) is 3.15. The lowest BCUT2D eigenvalue weighted by Gasteiger charge is -2.03. The molecule has 0 fully saturated rings. The van der Waals surface area contributed by atoms with Crippen LogP contribution in [-0.2, 0) is 0 Å². The molecule has 3 aromatic rings. The topological polar surface area (TPSA) is 67.0 Å². The van der Waals surface area contributed by atoms with Crippen molar-refractivity contribution in [3.05, 3.63) is 84.7 Å². The smallest absolute Gasteiger partial charge is 0.294 e. The van der Waals surface area contributed by atoms with E-state index in [9.17, 15) is 9.90 Å². The lowest BCUT2D eigenvalue weighted by Crippen LogP contribution is -2.00. The molecule has 1 aromatic heterocycles. The van der Waals surface area contributed by atoms with Crippen LogP contribution in [0.2, 0.25) is 0 Å². The highest BCUT2D eigenvalue weighted by molar-refractivity contribution is 8.13. The number of azo groups is 1. The first kappa shape index (κ1) is 21.2. The number of aromatic nitrogens is 1. The third kappa shape index (κ3) is 5.96. The van der Waals surface area contributed by atoms with Crippen molar-refractivity contribution in [2.75, 3.05) is 0 Å². The summed E-state index contributed by atoms with van der Waals surface area (Å²) in [5.74, 6) is 0.272. The Hall–Kier alpha value is -3.12. The summed E-state index contributed by atoms with van der Waals surface area (Å²) in [6.07, 6.45) is 5.06. The van der Waals surface area contributed by atoms with Crippen LogP contribution in [0.1, 0.15) is 18.1 Å². The van der Waals surface area contributed by atoms with Crippen LogP contribution in [0.15, 0.2) is 88.7 Å². The number of rotatable bonds is 3. The molecule has 144 valence electrons. The zero-order chi connectivity index (χ0) is 20.5. The minimum atomic E-state index is -0.107. The highest BCUT2D eigenvalue weighted by Crippen LogP contribution is 2.28. The molecule has 2 aromatic carbocycles. The summed E-state index contributed by atoms with van der Waals surface area (Å²) in [5.41, 5.74) is 2.75. The van der Waals surface area contributed by atoms with Crippen molar-refractivity contribution < 1.29 is 9.90 Å². The number of carbonyl (C=O) groups excluding carboxylic acids is 1. The first-order chi connectivity index (χ1) is 13.4. The highest BCUT2D eigenvalue weighted by atomic mass is 32.2. The molecule has 0 unspecified atom stereocenters. The summed E-state index contributed by atoms with van der Waals surface area (Å²) in [4.78, 5) is 13.1. The lowest BCUT2D eigenvalue weighted by atomic mass is 10.1. The van der Waals surface area contributed by atoms with Crippen LogP contribution in [0.25, 0.3) is 0 Å². The Bertz CT molecular complexity index is 955. The number of allylic oxidation sites excluding steroid dienone is 1. The number of nitrogens with zero attached hydrogens (tertiary/aromatic N) is 3. The zero-order valence-corrected chi connectivity index (χ0v) is 17.0. The van der Waals surface area contributed by atoms with Gasteiger partial charge in [-0.3, -0.25) is 9.36 Å². The molecule has 0 aliphatic heterocycles. The molecule has 28 heavy (non-hydrogen) atoms. The van der Waals surface area contributed by atoms with Crippen LogP contribution in [0, 0.1) is 13.8 Å². The number of hydrogen-bond donors (Lipinski definition) is 1.